The minimum Gasteiger partial charge on any atom is -0.379 e. The molecule has 0 fully saturated rings. The molecule has 1 amide bonds. The first kappa shape index (κ1) is 31.1. The third kappa shape index (κ3) is 29.1. The Morgan fingerprint density at radius 1 is 0.438 bits per heavy atom. The van der Waals surface area contributed by atoms with Crippen molar-refractivity contribution in [2.24, 2.45) is 5.73 Å². The molecule has 0 aromatic rings. The molecule has 0 saturated carbocycles. The molecule has 0 rings (SSSR count). The molecule has 0 saturated heterocycles. The standard InChI is InChI=1S/C21H43NO10/c1-2-24-5-6-26-9-10-28-13-14-30-17-18-32-20-19-31-16-15-29-12-11-27-8-7-25-4-3-21(22)23/h2-20H2,1H3,(H2,22,23). The summed E-state index contributed by atoms with van der Waals surface area (Å²) in [4.78, 5) is 10.5. The molecule has 2 N–H and O–H groups in total. The first-order chi connectivity index (χ1) is 15.8. The Morgan fingerprint density at radius 2 is 0.656 bits per heavy atom. The molecule has 0 unspecified atom stereocenters. The second-order valence-electron chi connectivity index (χ2n) is 6.31. The van der Waals surface area contributed by atoms with Gasteiger partial charge in [-0.05, 0) is 6.92 Å². The quantitative estimate of drug-likeness (QED) is 0.157. The van der Waals surface area contributed by atoms with Gasteiger partial charge in [-0.1, -0.05) is 0 Å². The van der Waals surface area contributed by atoms with Gasteiger partial charge >= 0.3 is 0 Å². The van der Waals surface area contributed by atoms with Gasteiger partial charge in [0.25, 0.3) is 0 Å². The summed E-state index contributed by atoms with van der Waals surface area (Å²) in [5.74, 6) is -0.369. The third-order valence-corrected chi connectivity index (χ3v) is 3.67. The van der Waals surface area contributed by atoms with Crippen molar-refractivity contribution in [1.29, 1.82) is 0 Å². The van der Waals surface area contributed by atoms with Crippen molar-refractivity contribution < 1.29 is 47.4 Å². The van der Waals surface area contributed by atoms with Crippen molar-refractivity contribution in [3.8, 4) is 0 Å². The number of amides is 1. The lowest BCUT2D eigenvalue weighted by Crippen LogP contribution is -2.16. The van der Waals surface area contributed by atoms with Crippen LogP contribution in [0.4, 0.5) is 0 Å². The highest BCUT2D eigenvalue weighted by Gasteiger charge is 1.96. The van der Waals surface area contributed by atoms with E-state index in [1.807, 2.05) is 6.92 Å². The number of carbonyl (C=O) groups excluding carboxylic acids is 1. The smallest absolute Gasteiger partial charge is 0.219 e. The second-order valence-corrected chi connectivity index (χ2v) is 6.31. The Labute approximate surface area is 192 Å². The monoisotopic (exact) mass is 469 g/mol. The van der Waals surface area contributed by atoms with Gasteiger partial charge in [0.1, 0.15) is 0 Å². The zero-order valence-electron chi connectivity index (χ0n) is 19.6. The van der Waals surface area contributed by atoms with Crippen LogP contribution in [0.2, 0.25) is 0 Å². The maximum atomic E-state index is 10.5. The molecular formula is C21H43NO10. The molecule has 0 aliphatic rings. The van der Waals surface area contributed by atoms with E-state index in [4.69, 9.17) is 48.4 Å². The summed E-state index contributed by atoms with van der Waals surface area (Å²) in [6, 6.07) is 0. The van der Waals surface area contributed by atoms with Crippen molar-refractivity contribution in [1.82, 2.24) is 0 Å². The third-order valence-electron chi connectivity index (χ3n) is 3.67. The van der Waals surface area contributed by atoms with E-state index in [1.165, 1.54) is 0 Å². The van der Waals surface area contributed by atoms with Crippen LogP contribution in [0.3, 0.4) is 0 Å². The number of rotatable bonds is 28. The maximum Gasteiger partial charge on any atom is 0.219 e. The number of carbonyl (C=O) groups is 1. The highest BCUT2D eigenvalue weighted by atomic mass is 16.6. The largest absolute Gasteiger partial charge is 0.379 e. The minimum absolute atomic E-state index is 0.227. The summed E-state index contributed by atoms with van der Waals surface area (Å²) < 4.78 is 48.0. The maximum absolute atomic E-state index is 10.5. The van der Waals surface area contributed by atoms with Crippen molar-refractivity contribution in [2.45, 2.75) is 13.3 Å². The average molecular weight is 470 g/mol. The van der Waals surface area contributed by atoms with E-state index in [0.717, 1.165) is 0 Å². The lowest BCUT2D eigenvalue weighted by Gasteiger charge is -2.08. The summed E-state index contributed by atoms with van der Waals surface area (Å²) in [7, 11) is 0. The fraction of sp³-hybridized carbons (Fsp3) is 0.952. The van der Waals surface area contributed by atoms with E-state index < -0.39 is 0 Å². The van der Waals surface area contributed by atoms with E-state index in [0.29, 0.717) is 119 Å². The van der Waals surface area contributed by atoms with Gasteiger partial charge in [-0.15, -0.1) is 0 Å². The van der Waals surface area contributed by atoms with Crippen LogP contribution < -0.4 is 5.73 Å². The zero-order valence-corrected chi connectivity index (χ0v) is 19.6. The van der Waals surface area contributed by atoms with Gasteiger partial charge in [-0.3, -0.25) is 4.79 Å². The number of hydrogen-bond acceptors (Lipinski definition) is 10. The molecule has 0 bridgehead atoms. The lowest BCUT2D eigenvalue weighted by atomic mass is 10.4. The van der Waals surface area contributed by atoms with Gasteiger partial charge in [-0.2, -0.15) is 0 Å². The van der Waals surface area contributed by atoms with Crippen LogP contribution in [0.25, 0.3) is 0 Å². The summed E-state index contributed by atoms with van der Waals surface area (Å²) in [5, 5.41) is 0. The van der Waals surface area contributed by atoms with Crippen molar-refractivity contribution in [3.63, 3.8) is 0 Å². The van der Waals surface area contributed by atoms with Crippen molar-refractivity contribution in [3.05, 3.63) is 0 Å². The summed E-state index contributed by atoms with van der Waals surface area (Å²) in [6.45, 7) is 11.3. The van der Waals surface area contributed by atoms with Crippen LogP contribution in [-0.2, 0) is 47.4 Å². The van der Waals surface area contributed by atoms with E-state index in [2.05, 4.69) is 0 Å². The topological polar surface area (TPSA) is 126 Å². The van der Waals surface area contributed by atoms with Crippen LogP contribution in [0.5, 0.6) is 0 Å². The molecule has 192 valence electrons. The molecule has 0 aromatic heterocycles. The first-order valence-electron chi connectivity index (χ1n) is 11.2. The normalized spacial score (nSPS) is 11.3. The van der Waals surface area contributed by atoms with Gasteiger partial charge in [-0.25, -0.2) is 0 Å². The van der Waals surface area contributed by atoms with Crippen LogP contribution in [-0.4, -0.2) is 125 Å². The molecule has 0 aliphatic heterocycles. The number of primary amides is 1. The summed E-state index contributed by atoms with van der Waals surface area (Å²) >= 11 is 0. The van der Waals surface area contributed by atoms with E-state index >= 15 is 0 Å². The molecule has 32 heavy (non-hydrogen) atoms. The molecule has 0 aromatic carbocycles. The predicted molar refractivity (Wildman–Crippen MR) is 117 cm³/mol. The Kier molecular flexibility index (Phi) is 27.4. The lowest BCUT2D eigenvalue weighted by molar-refractivity contribution is -0.119. The van der Waals surface area contributed by atoms with E-state index in [9.17, 15) is 4.79 Å². The molecular weight excluding hydrogens is 426 g/mol. The Morgan fingerprint density at radius 3 is 0.875 bits per heavy atom. The van der Waals surface area contributed by atoms with Gasteiger partial charge in [0, 0.05) is 13.0 Å². The highest BCUT2D eigenvalue weighted by molar-refractivity contribution is 5.73. The molecule has 0 aliphatic carbocycles. The predicted octanol–water partition coefficient (Wildman–Crippen LogP) is 0.0311. The van der Waals surface area contributed by atoms with Crippen LogP contribution >= 0.6 is 0 Å². The fourth-order valence-electron chi connectivity index (χ4n) is 2.08. The van der Waals surface area contributed by atoms with Gasteiger partial charge < -0.3 is 48.4 Å². The highest BCUT2D eigenvalue weighted by Crippen LogP contribution is 1.86. The first-order valence-corrected chi connectivity index (χ1v) is 11.2. The molecule has 0 heterocycles. The zero-order chi connectivity index (χ0) is 23.4. The minimum atomic E-state index is -0.369. The SMILES string of the molecule is CCOCCOCCOCCOCCOCCOCCOCCOCCOCCC(N)=O. The van der Waals surface area contributed by atoms with Gasteiger partial charge in [0.05, 0.1) is 112 Å². The average Bonchev–Trinajstić information content (AvgIpc) is 2.78. The van der Waals surface area contributed by atoms with E-state index in [-0.39, 0.29) is 12.3 Å². The number of hydrogen-bond donors (Lipinski definition) is 1. The number of nitrogens with two attached hydrogens (primary N) is 1. The second kappa shape index (κ2) is 28.1. The van der Waals surface area contributed by atoms with Gasteiger partial charge in [0.2, 0.25) is 5.91 Å². The van der Waals surface area contributed by atoms with Crippen molar-refractivity contribution in [2.75, 3.05) is 119 Å². The molecule has 11 nitrogen and oxygen atoms in total. The van der Waals surface area contributed by atoms with Crippen LogP contribution in [0.1, 0.15) is 13.3 Å². The fourth-order valence-corrected chi connectivity index (χ4v) is 2.08. The summed E-state index contributed by atoms with van der Waals surface area (Å²) in [5.41, 5.74) is 5.00. The van der Waals surface area contributed by atoms with Crippen LogP contribution in [0.15, 0.2) is 0 Å². The molecule has 0 spiro atoms. The number of ether oxygens (including phenoxy) is 9. The Hall–Kier alpha value is -0.890. The molecule has 0 atom stereocenters. The molecule has 11 heteroatoms. The van der Waals surface area contributed by atoms with Gasteiger partial charge in [0.15, 0.2) is 0 Å². The van der Waals surface area contributed by atoms with Crippen LogP contribution in [0, 0.1) is 0 Å². The van der Waals surface area contributed by atoms with Crippen molar-refractivity contribution >= 4 is 5.91 Å². The summed E-state index contributed by atoms with van der Waals surface area (Å²) in [6.07, 6.45) is 0.227. The Balaban J connectivity index is 3.00. The molecule has 0 radical (unpaired) electrons. The van der Waals surface area contributed by atoms with E-state index in [1.54, 1.807) is 0 Å². The Bertz CT molecular complexity index is 376.